The molecular weight excluding hydrogens is 244 g/mol. The van der Waals surface area contributed by atoms with E-state index in [0.29, 0.717) is 19.7 Å². The molecule has 19 heavy (non-hydrogen) atoms. The average molecular weight is 262 g/mol. The normalized spacial score (nSPS) is 18.7. The Kier molecular flexibility index (Phi) is 4.04. The fraction of sp³-hybridized carbons (Fsp3) is 0.429. The van der Waals surface area contributed by atoms with Crippen molar-refractivity contribution in [3.05, 3.63) is 29.8 Å². The molecule has 5 nitrogen and oxygen atoms in total. The maximum Gasteiger partial charge on any atom is 0.223 e. The number of ether oxygens (including phenoxy) is 1. The van der Waals surface area contributed by atoms with Crippen molar-refractivity contribution in [2.45, 2.75) is 19.9 Å². The Labute approximate surface area is 112 Å². The molecule has 2 rings (SSSR count). The average Bonchev–Trinajstić information content (AvgIpc) is 2.74. The first-order chi connectivity index (χ1) is 9.10. The number of amides is 2. The quantitative estimate of drug-likeness (QED) is 0.857. The minimum Gasteiger partial charge on any atom is -0.494 e. The molecule has 1 saturated heterocycles. The molecule has 1 heterocycles. The molecule has 0 spiro atoms. The van der Waals surface area contributed by atoms with Crippen LogP contribution in [0.1, 0.15) is 18.9 Å². The predicted octanol–water partition coefficient (Wildman–Crippen LogP) is 0.919. The van der Waals surface area contributed by atoms with Crippen LogP contribution in [0, 0.1) is 5.92 Å². The lowest BCUT2D eigenvalue weighted by Crippen LogP contribution is -2.28. The highest BCUT2D eigenvalue weighted by atomic mass is 16.5. The lowest BCUT2D eigenvalue weighted by molar-refractivity contribution is -0.128. The Hall–Kier alpha value is -2.04. The largest absolute Gasteiger partial charge is 0.494 e. The van der Waals surface area contributed by atoms with Gasteiger partial charge in [-0.15, -0.1) is 0 Å². The highest BCUT2D eigenvalue weighted by Crippen LogP contribution is 2.21. The standard InChI is InChI=1S/C14H18N2O3/c1-2-19-12-5-3-10(4-6-12)8-16-9-11(14(15)18)7-13(16)17/h3-6,11H,2,7-9H2,1H3,(H2,15,18). The molecule has 5 heteroatoms. The number of hydrogen-bond acceptors (Lipinski definition) is 3. The lowest BCUT2D eigenvalue weighted by Gasteiger charge is -2.16. The Balaban J connectivity index is 1.97. The Morgan fingerprint density at radius 3 is 2.63 bits per heavy atom. The zero-order chi connectivity index (χ0) is 13.8. The summed E-state index contributed by atoms with van der Waals surface area (Å²) < 4.78 is 5.36. The van der Waals surface area contributed by atoms with E-state index >= 15 is 0 Å². The van der Waals surface area contributed by atoms with Crippen LogP contribution in [0.15, 0.2) is 24.3 Å². The molecule has 102 valence electrons. The van der Waals surface area contributed by atoms with E-state index in [1.807, 2.05) is 31.2 Å². The van der Waals surface area contributed by atoms with Crippen LogP contribution in [0.25, 0.3) is 0 Å². The van der Waals surface area contributed by atoms with Crippen molar-refractivity contribution >= 4 is 11.8 Å². The predicted molar refractivity (Wildman–Crippen MR) is 70.3 cm³/mol. The van der Waals surface area contributed by atoms with Gasteiger partial charge in [0.05, 0.1) is 12.5 Å². The second-order valence-corrected chi connectivity index (χ2v) is 4.65. The van der Waals surface area contributed by atoms with Gasteiger partial charge in [0.2, 0.25) is 11.8 Å². The zero-order valence-corrected chi connectivity index (χ0v) is 11.0. The molecule has 1 aromatic rings. The summed E-state index contributed by atoms with van der Waals surface area (Å²) in [4.78, 5) is 24.5. The molecule has 1 fully saturated rings. The summed E-state index contributed by atoms with van der Waals surface area (Å²) >= 11 is 0. The third-order valence-electron chi connectivity index (χ3n) is 3.22. The van der Waals surface area contributed by atoms with Crippen LogP contribution in [-0.2, 0) is 16.1 Å². The SMILES string of the molecule is CCOc1ccc(CN2CC(C(N)=O)CC2=O)cc1. The van der Waals surface area contributed by atoms with E-state index in [1.165, 1.54) is 0 Å². The summed E-state index contributed by atoms with van der Waals surface area (Å²) in [6.07, 6.45) is 0.229. The molecule has 0 bridgehead atoms. The zero-order valence-electron chi connectivity index (χ0n) is 11.0. The van der Waals surface area contributed by atoms with E-state index in [1.54, 1.807) is 4.90 Å². The molecule has 1 aromatic carbocycles. The number of carbonyl (C=O) groups excluding carboxylic acids is 2. The topological polar surface area (TPSA) is 72.6 Å². The van der Waals surface area contributed by atoms with Gasteiger partial charge >= 0.3 is 0 Å². The highest BCUT2D eigenvalue weighted by Gasteiger charge is 2.32. The van der Waals surface area contributed by atoms with Crippen molar-refractivity contribution in [1.82, 2.24) is 4.90 Å². The van der Waals surface area contributed by atoms with Gasteiger partial charge in [0.25, 0.3) is 0 Å². The Morgan fingerprint density at radius 2 is 2.11 bits per heavy atom. The van der Waals surface area contributed by atoms with E-state index in [2.05, 4.69) is 0 Å². The van der Waals surface area contributed by atoms with Crippen LogP contribution in [0.5, 0.6) is 5.75 Å². The van der Waals surface area contributed by atoms with Crippen molar-refractivity contribution in [3.63, 3.8) is 0 Å². The van der Waals surface area contributed by atoms with Gasteiger partial charge in [-0.1, -0.05) is 12.1 Å². The first-order valence-electron chi connectivity index (χ1n) is 6.39. The van der Waals surface area contributed by atoms with Crippen LogP contribution in [0.2, 0.25) is 0 Å². The maximum atomic E-state index is 11.8. The fourth-order valence-corrected chi connectivity index (χ4v) is 2.19. The minimum atomic E-state index is -0.400. The van der Waals surface area contributed by atoms with Crippen molar-refractivity contribution < 1.29 is 14.3 Å². The molecule has 0 aromatic heterocycles. The summed E-state index contributed by atoms with van der Waals surface area (Å²) in [6, 6.07) is 7.61. The first-order valence-corrected chi connectivity index (χ1v) is 6.39. The second kappa shape index (κ2) is 5.73. The minimum absolute atomic E-state index is 0.0160. The van der Waals surface area contributed by atoms with Gasteiger partial charge in [-0.05, 0) is 24.6 Å². The summed E-state index contributed by atoms with van der Waals surface area (Å²) in [5.74, 6) is 0.0458. The number of primary amides is 1. The Morgan fingerprint density at radius 1 is 1.42 bits per heavy atom. The smallest absolute Gasteiger partial charge is 0.223 e. The van der Waals surface area contributed by atoms with Gasteiger partial charge in [-0.3, -0.25) is 9.59 Å². The van der Waals surface area contributed by atoms with Crippen molar-refractivity contribution in [2.24, 2.45) is 11.7 Å². The third-order valence-corrected chi connectivity index (χ3v) is 3.22. The molecule has 0 radical (unpaired) electrons. The molecule has 1 unspecified atom stereocenters. The van der Waals surface area contributed by atoms with Gasteiger partial charge in [0.1, 0.15) is 5.75 Å². The van der Waals surface area contributed by atoms with Crippen LogP contribution < -0.4 is 10.5 Å². The third kappa shape index (κ3) is 3.24. The van der Waals surface area contributed by atoms with Gasteiger partial charge in [-0.2, -0.15) is 0 Å². The lowest BCUT2D eigenvalue weighted by atomic mass is 10.1. The van der Waals surface area contributed by atoms with E-state index in [9.17, 15) is 9.59 Å². The maximum absolute atomic E-state index is 11.8. The number of carbonyl (C=O) groups is 2. The number of nitrogens with zero attached hydrogens (tertiary/aromatic N) is 1. The molecule has 0 aliphatic carbocycles. The first kappa shape index (κ1) is 13.4. The van der Waals surface area contributed by atoms with Gasteiger partial charge in [0, 0.05) is 19.5 Å². The number of benzene rings is 1. The van der Waals surface area contributed by atoms with Crippen molar-refractivity contribution in [3.8, 4) is 5.75 Å². The van der Waals surface area contributed by atoms with Gasteiger partial charge < -0.3 is 15.4 Å². The Bertz CT molecular complexity index is 470. The number of hydrogen-bond donors (Lipinski definition) is 1. The van der Waals surface area contributed by atoms with Crippen LogP contribution >= 0.6 is 0 Å². The summed E-state index contributed by atoms with van der Waals surface area (Å²) in [5, 5.41) is 0. The number of nitrogens with two attached hydrogens (primary N) is 1. The second-order valence-electron chi connectivity index (χ2n) is 4.65. The van der Waals surface area contributed by atoms with E-state index in [4.69, 9.17) is 10.5 Å². The fourth-order valence-electron chi connectivity index (χ4n) is 2.19. The molecule has 1 aliphatic rings. The molecule has 1 aliphatic heterocycles. The summed E-state index contributed by atoms with van der Waals surface area (Å²) in [6.45, 7) is 3.49. The number of likely N-dealkylation sites (tertiary alicyclic amines) is 1. The molecule has 2 amide bonds. The van der Waals surface area contributed by atoms with Crippen molar-refractivity contribution in [2.75, 3.05) is 13.2 Å². The highest BCUT2D eigenvalue weighted by molar-refractivity contribution is 5.88. The van der Waals surface area contributed by atoms with Crippen molar-refractivity contribution in [1.29, 1.82) is 0 Å². The summed E-state index contributed by atoms with van der Waals surface area (Å²) in [7, 11) is 0. The van der Waals surface area contributed by atoms with E-state index < -0.39 is 5.91 Å². The van der Waals surface area contributed by atoms with Crippen LogP contribution in [0.3, 0.4) is 0 Å². The molecule has 2 N–H and O–H groups in total. The molecule has 0 saturated carbocycles. The molecule has 1 atom stereocenters. The van der Waals surface area contributed by atoms with E-state index in [-0.39, 0.29) is 18.2 Å². The van der Waals surface area contributed by atoms with Crippen LogP contribution in [-0.4, -0.2) is 29.9 Å². The van der Waals surface area contributed by atoms with E-state index in [0.717, 1.165) is 11.3 Å². The monoisotopic (exact) mass is 262 g/mol. The summed E-state index contributed by atoms with van der Waals surface area (Å²) in [5.41, 5.74) is 6.25. The van der Waals surface area contributed by atoms with Gasteiger partial charge in [0.15, 0.2) is 0 Å². The number of rotatable bonds is 5. The molecular formula is C14H18N2O3. The van der Waals surface area contributed by atoms with Crippen LogP contribution in [0.4, 0.5) is 0 Å². The van der Waals surface area contributed by atoms with Gasteiger partial charge in [-0.25, -0.2) is 0 Å².